The lowest BCUT2D eigenvalue weighted by atomic mass is 9.80. The monoisotopic (exact) mass is 870 g/mol. The molecule has 0 aliphatic carbocycles. The van der Waals surface area contributed by atoms with Crippen molar-refractivity contribution in [1.29, 1.82) is 0 Å². The zero-order chi connectivity index (χ0) is 46.3. The number of fused-ring (bicyclic) bond motifs is 1. The van der Waals surface area contributed by atoms with Gasteiger partial charge in [-0.2, -0.15) is 5.10 Å². The number of amides is 2. The molecule has 10 atom stereocenters. The average molecular weight is 870 g/mol. The third-order valence-electron chi connectivity index (χ3n) is 11.3. The second-order valence-corrected chi connectivity index (χ2v) is 17.1. The number of ketones is 1. The molecular weight excluding hydrogens is 799 g/mol. The predicted octanol–water partition coefficient (Wildman–Crippen LogP) is 6.86. The molecule has 2 aromatic rings. The Morgan fingerprint density at radius 3 is 2.27 bits per heavy atom. The Morgan fingerprint density at radius 2 is 1.68 bits per heavy atom. The van der Waals surface area contributed by atoms with Crippen molar-refractivity contribution in [1.82, 2.24) is 25.3 Å². The van der Waals surface area contributed by atoms with Gasteiger partial charge in [0.1, 0.15) is 18.5 Å². The van der Waals surface area contributed by atoms with Crippen molar-refractivity contribution in [2.75, 3.05) is 27.2 Å². The molecule has 3 aliphatic heterocycles. The Bertz CT molecular complexity index is 1800. The number of nitrogens with one attached hydrogen (secondary N) is 2. The fourth-order valence-electron chi connectivity index (χ4n) is 7.57. The molecule has 1 aromatic heterocycles. The summed E-state index contributed by atoms with van der Waals surface area (Å²) in [5.41, 5.74) is 1.61. The van der Waals surface area contributed by atoms with Crippen LogP contribution in [0.2, 0.25) is 0 Å². The van der Waals surface area contributed by atoms with Gasteiger partial charge in [-0.05, 0) is 65.3 Å². The van der Waals surface area contributed by atoms with Gasteiger partial charge in [-0.25, -0.2) is 9.59 Å². The molecule has 0 spiro atoms. The Morgan fingerprint density at radius 1 is 1.02 bits per heavy atom. The van der Waals surface area contributed by atoms with Crippen LogP contribution >= 0.6 is 0 Å². The minimum absolute atomic E-state index is 0.0660. The number of carboxylic acid groups (broad SMARTS) is 1. The largest absolute Gasteiger partial charge is 0.481 e. The molecule has 3 fully saturated rings. The lowest BCUT2D eigenvalue weighted by Gasteiger charge is -2.40. The SMILES string of the molecule is CC.CC(C)C(=O)O.C[C@@H]1C[C@H](N(C)C)CC(OC2CC[C@@H](C)C(=O)OC[C@@]3(C)OC(=O)N[C@@H]3[C@@H](C)C(=O)[C@H](C)C[C@H]2OC(=O)NC/C=C/c2ccc(-c3ccn(C)n3)cc2)O1. The van der Waals surface area contributed by atoms with Crippen LogP contribution < -0.4 is 10.6 Å². The number of aromatic nitrogens is 2. The molecule has 0 radical (unpaired) electrons. The van der Waals surface area contributed by atoms with E-state index in [2.05, 4.69) is 20.6 Å². The number of carbonyl (C=O) groups is 5. The van der Waals surface area contributed by atoms with Gasteiger partial charge in [0.2, 0.25) is 0 Å². The van der Waals surface area contributed by atoms with E-state index >= 15 is 0 Å². The third-order valence-corrected chi connectivity index (χ3v) is 11.3. The van der Waals surface area contributed by atoms with Gasteiger partial charge < -0.3 is 44.3 Å². The molecule has 346 valence electrons. The third kappa shape index (κ3) is 15.2. The van der Waals surface area contributed by atoms with E-state index in [-0.39, 0.29) is 43.4 Å². The summed E-state index contributed by atoms with van der Waals surface area (Å²) in [5.74, 6) is -3.43. The summed E-state index contributed by atoms with van der Waals surface area (Å²) in [7, 11) is 5.92. The van der Waals surface area contributed by atoms with Crippen LogP contribution in [0.15, 0.2) is 42.6 Å². The first-order valence-corrected chi connectivity index (χ1v) is 21.9. The Labute approximate surface area is 367 Å². The summed E-state index contributed by atoms with van der Waals surface area (Å²) in [4.78, 5) is 64.9. The van der Waals surface area contributed by atoms with Crippen LogP contribution in [-0.4, -0.2) is 119 Å². The molecule has 0 saturated carbocycles. The van der Waals surface area contributed by atoms with E-state index in [0.29, 0.717) is 19.3 Å². The van der Waals surface area contributed by atoms with E-state index in [1.807, 2.05) is 90.6 Å². The number of carboxylic acids is 1. The van der Waals surface area contributed by atoms with Crippen molar-refractivity contribution in [3.8, 4) is 11.3 Å². The molecule has 2 unspecified atom stereocenters. The number of esters is 1. The molecular formula is C46H71N5O11. The minimum Gasteiger partial charge on any atom is -0.481 e. The first-order valence-electron chi connectivity index (χ1n) is 21.9. The molecule has 0 bridgehead atoms. The first kappa shape index (κ1) is 51.5. The highest BCUT2D eigenvalue weighted by Gasteiger charge is 2.51. The number of carbonyl (C=O) groups excluding carboxylic acids is 4. The minimum atomic E-state index is -1.24. The lowest BCUT2D eigenvalue weighted by Crippen LogP contribution is -2.52. The number of hydrogen-bond donors (Lipinski definition) is 3. The second-order valence-electron chi connectivity index (χ2n) is 17.1. The predicted molar refractivity (Wildman–Crippen MR) is 235 cm³/mol. The number of aryl methyl sites for hydroxylation is 1. The van der Waals surface area contributed by atoms with Crippen LogP contribution in [0.3, 0.4) is 0 Å². The van der Waals surface area contributed by atoms with Gasteiger partial charge in [-0.15, -0.1) is 0 Å². The fourth-order valence-corrected chi connectivity index (χ4v) is 7.57. The van der Waals surface area contributed by atoms with Crippen molar-refractivity contribution in [3.63, 3.8) is 0 Å². The topological polar surface area (TPSA) is 197 Å². The van der Waals surface area contributed by atoms with Gasteiger partial charge in [0.25, 0.3) is 0 Å². The number of rotatable bonds is 9. The lowest BCUT2D eigenvalue weighted by molar-refractivity contribution is -0.237. The average Bonchev–Trinajstić information content (AvgIpc) is 3.80. The van der Waals surface area contributed by atoms with Crippen molar-refractivity contribution < 1.29 is 52.8 Å². The number of aliphatic carboxylic acids is 1. The van der Waals surface area contributed by atoms with Gasteiger partial charge in [0.05, 0.1) is 35.8 Å². The van der Waals surface area contributed by atoms with Crippen LogP contribution in [0.25, 0.3) is 17.3 Å². The molecule has 3 aliphatic rings. The van der Waals surface area contributed by atoms with Crippen LogP contribution in [-0.2, 0) is 45.1 Å². The number of alkyl carbamates (subject to hydrolysis) is 2. The number of cyclic esters (lactones) is 1. The molecule has 1 aromatic carbocycles. The highest BCUT2D eigenvalue weighted by atomic mass is 16.7. The van der Waals surface area contributed by atoms with E-state index < -0.39 is 72.0 Å². The quantitative estimate of drug-likeness (QED) is 0.175. The molecule has 2 amide bonds. The van der Waals surface area contributed by atoms with Crippen LogP contribution in [0.1, 0.15) is 100.0 Å². The maximum atomic E-state index is 14.0. The van der Waals surface area contributed by atoms with Gasteiger partial charge >= 0.3 is 24.1 Å². The van der Waals surface area contributed by atoms with E-state index in [0.717, 1.165) is 23.2 Å². The molecule has 4 heterocycles. The summed E-state index contributed by atoms with van der Waals surface area (Å²) < 4.78 is 32.0. The van der Waals surface area contributed by atoms with Gasteiger partial charge in [0, 0.05) is 49.7 Å². The number of hydrogen-bond acceptors (Lipinski definition) is 12. The highest BCUT2D eigenvalue weighted by Crippen LogP contribution is 2.34. The van der Waals surface area contributed by atoms with Crippen molar-refractivity contribution >= 4 is 36.0 Å². The van der Waals surface area contributed by atoms with Crippen molar-refractivity contribution in [2.24, 2.45) is 30.7 Å². The molecule has 3 saturated heterocycles. The van der Waals surface area contributed by atoms with Gasteiger partial charge in [0.15, 0.2) is 11.9 Å². The highest BCUT2D eigenvalue weighted by molar-refractivity contribution is 5.85. The number of Topliss-reactive ketones (excluding diaryl/α,β-unsaturated/α-hetero) is 1. The van der Waals surface area contributed by atoms with Crippen molar-refractivity contribution in [3.05, 3.63) is 48.2 Å². The van der Waals surface area contributed by atoms with E-state index in [4.69, 9.17) is 28.8 Å². The smallest absolute Gasteiger partial charge is 0.408 e. The Hall–Kier alpha value is -4.80. The molecule has 62 heavy (non-hydrogen) atoms. The number of benzene rings is 1. The maximum absolute atomic E-state index is 14.0. The standard InChI is InChI=1S/C40H57N5O9.C4H8O2.C2H6/c1-24-11-16-32(52-34-22-30(44(6)7)21-26(3)51-34)33(20-25(2)35(46)27(4)36-40(5,23-50-37(24)47)54-39(49)42-36)53-38(48)41-18-9-10-28-12-14-29(15-13-28)31-17-19-45(8)43-31;1-3(2)4(5)6;1-2/h9-10,12-15,17,19,24-27,30,32-34,36H,11,16,18,20-23H2,1-8H3,(H,41,48)(H,42,49);3H,1-2H3,(H,5,6);1-2H3/b10-9+;;/t24-,25-,26-,27+,30+,32?,33-,34?,36-,40-;;/m1../s1. The molecule has 16 nitrogen and oxygen atoms in total. The van der Waals surface area contributed by atoms with E-state index in [1.165, 1.54) is 0 Å². The molecule has 16 heteroatoms. The van der Waals surface area contributed by atoms with Gasteiger partial charge in [-0.3, -0.25) is 19.1 Å². The summed E-state index contributed by atoms with van der Waals surface area (Å²) in [6.07, 6.45) is 4.32. The van der Waals surface area contributed by atoms with E-state index in [1.54, 1.807) is 46.2 Å². The Balaban J connectivity index is 0.00000118. The molecule has 5 rings (SSSR count). The van der Waals surface area contributed by atoms with Crippen molar-refractivity contribution in [2.45, 2.75) is 137 Å². The summed E-state index contributed by atoms with van der Waals surface area (Å²) in [5, 5.41) is 18.0. The summed E-state index contributed by atoms with van der Waals surface area (Å²) in [6.45, 7) is 16.2. The van der Waals surface area contributed by atoms with Crippen LogP contribution in [0.5, 0.6) is 0 Å². The summed E-state index contributed by atoms with van der Waals surface area (Å²) >= 11 is 0. The summed E-state index contributed by atoms with van der Waals surface area (Å²) in [6, 6.07) is 9.37. The first-order chi connectivity index (χ1) is 29.3. The van der Waals surface area contributed by atoms with E-state index in [9.17, 15) is 24.0 Å². The maximum Gasteiger partial charge on any atom is 0.408 e. The normalized spacial score (nSPS) is 29.5. The molecule has 3 N–H and O–H groups in total. The van der Waals surface area contributed by atoms with Crippen LogP contribution in [0.4, 0.5) is 9.59 Å². The number of nitrogens with zero attached hydrogens (tertiary/aromatic N) is 3. The second kappa shape index (κ2) is 24.2. The van der Waals surface area contributed by atoms with Gasteiger partial charge in [-0.1, -0.05) is 84.9 Å². The Kier molecular flexibility index (Phi) is 20.1. The fraction of sp³-hybridized carbons (Fsp3) is 0.652. The number of ether oxygens (including phenoxy) is 5. The zero-order valence-corrected chi connectivity index (χ0v) is 38.7. The zero-order valence-electron chi connectivity index (χ0n) is 38.7. The van der Waals surface area contributed by atoms with Crippen LogP contribution in [0, 0.1) is 23.7 Å².